The zero-order valence-electron chi connectivity index (χ0n) is 13.2. The third-order valence-corrected chi connectivity index (χ3v) is 4.91. The van der Waals surface area contributed by atoms with E-state index in [1.807, 2.05) is 18.3 Å². The SMILES string of the molecule is CCc1ccc(N2CC[C@H](NCc3ccc(Cl)cc3Cl)C2)nc1. The van der Waals surface area contributed by atoms with Crippen molar-refractivity contribution >= 4 is 29.0 Å². The number of rotatable bonds is 5. The van der Waals surface area contributed by atoms with Crippen molar-refractivity contribution in [1.82, 2.24) is 10.3 Å². The molecule has 1 atom stereocenters. The Bertz CT molecular complexity index is 658. The van der Waals surface area contributed by atoms with Crippen LogP contribution in [0.4, 0.5) is 5.82 Å². The molecule has 1 saturated heterocycles. The van der Waals surface area contributed by atoms with Gasteiger partial charge in [-0.2, -0.15) is 0 Å². The van der Waals surface area contributed by atoms with Gasteiger partial charge in [0, 0.05) is 41.9 Å². The molecule has 0 radical (unpaired) electrons. The van der Waals surface area contributed by atoms with E-state index in [-0.39, 0.29) is 0 Å². The molecule has 2 heterocycles. The molecule has 0 spiro atoms. The largest absolute Gasteiger partial charge is 0.355 e. The highest BCUT2D eigenvalue weighted by atomic mass is 35.5. The van der Waals surface area contributed by atoms with Gasteiger partial charge >= 0.3 is 0 Å². The Hall–Kier alpha value is -1.29. The lowest BCUT2D eigenvalue weighted by atomic mass is 10.2. The minimum atomic E-state index is 0.453. The number of anilines is 1. The van der Waals surface area contributed by atoms with Crippen molar-refractivity contribution in [3.05, 3.63) is 57.7 Å². The maximum Gasteiger partial charge on any atom is 0.128 e. The number of benzene rings is 1. The lowest BCUT2D eigenvalue weighted by Gasteiger charge is -2.18. The summed E-state index contributed by atoms with van der Waals surface area (Å²) in [6.07, 6.45) is 4.12. The maximum absolute atomic E-state index is 6.22. The first-order valence-corrected chi connectivity index (χ1v) is 8.78. The molecule has 0 amide bonds. The van der Waals surface area contributed by atoms with Crippen molar-refractivity contribution in [3.63, 3.8) is 0 Å². The van der Waals surface area contributed by atoms with Crippen LogP contribution in [0.3, 0.4) is 0 Å². The molecule has 0 bridgehead atoms. The van der Waals surface area contributed by atoms with Gasteiger partial charge in [-0.3, -0.25) is 0 Å². The van der Waals surface area contributed by atoms with E-state index in [4.69, 9.17) is 23.2 Å². The number of pyridine rings is 1. The van der Waals surface area contributed by atoms with Crippen LogP contribution in [0.5, 0.6) is 0 Å². The molecule has 0 saturated carbocycles. The summed E-state index contributed by atoms with van der Waals surface area (Å²) in [6.45, 7) is 4.92. The van der Waals surface area contributed by atoms with Crippen molar-refractivity contribution in [2.45, 2.75) is 32.4 Å². The van der Waals surface area contributed by atoms with E-state index in [0.717, 1.165) is 48.9 Å². The van der Waals surface area contributed by atoms with Crippen molar-refractivity contribution < 1.29 is 0 Å². The van der Waals surface area contributed by atoms with Crippen molar-refractivity contribution in [3.8, 4) is 0 Å². The fourth-order valence-electron chi connectivity index (χ4n) is 2.87. The van der Waals surface area contributed by atoms with E-state index >= 15 is 0 Å². The fraction of sp³-hybridized carbons (Fsp3) is 0.389. The van der Waals surface area contributed by atoms with Gasteiger partial charge in [-0.15, -0.1) is 0 Å². The lowest BCUT2D eigenvalue weighted by Crippen LogP contribution is -2.32. The lowest BCUT2D eigenvalue weighted by molar-refractivity contribution is 0.551. The topological polar surface area (TPSA) is 28.2 Å². The monoisotopic (exact) mass is 349 g/mol. The van der Waals surface area contributed by atoms with Gasteiger partial charge in [0.15, 0.2) is 0 Å². The van der Waals surface area contributed by atoms with Crippen LogP contribution in [-0.2, 0) is 13.0 Å². The molecule has 0 unspecified atom stereocenters. The highest BCUT2D eigenvalue weighted by Crippen LogP contribution is 2.22. The Balaban J connectivity index is 1.55. The Morgan fingerprint density at radius 3 is 2.83 bits per heavy atom. The molecule has 5 heteroatoms. The molecule has 122 valence electrons. The first kappa shape index (κ1) is 16.6. The molecule has 3 nitrogen and oxygen atoms in total. The predicted octanol–water partition coefficient (Wildman–Crippen LogP) is 4.32. The van der Waals surface area contributed by atoms with Crippen molar-refractivity contribution in [2.75, 3.05) is 18.0 Å². The second kappa shape index (κ2) is 7.52. The first-order valence-electron chi connectivity index (χ1n) is 8.03. The van der Waals surface area contributed by atoms with Crippen LogP contribution in [0.15, 0.2) is 36.5 Å². The molecule has 1 aromatic carbocycles. The zero-order chi connectivity index (χ0) is 16.2. The maximum atomic E-state index is 6.22. The average molecular weight is 350 g/mol. The second-order valence-electron chi connectivity index (χ2n) is 5.93. The normalized spacial score (nSPS) is 17.7. The van der Waals surface area contributed by atoms with Gasteiger partial charge in [0.05, 0.1) is 0 Å². The molecule has 1 aliphatic rings. The molecule has 1 fully saturated rings. The predicted molar refractivity (Wildman–Crippen MR) is 97.5 cm³/mol. The number of nitrogens with one attached hydrogen (secondary N) is 1. The molecule has 2 aromatic rings. The Labute approximate surface area is 147 Å². The molecule has 1 N–H and O–H groups in total. The van der Waals surface area contributed by atoms with Crippen LogP contribution in [0.25, 0.3) is 0 Å². The van der Waals surface area contributed by atoms with Crippen LogP contribution in [-0.4, -0.2) is 24.1 Å². The number of nitrogens with zero attached hydrogens (tertiary/aromatic N) is 2. The summed E-state index contributed by atoms with van der Waals surface area (Å²) in [5.41, 5.74) is 2.36. The highest BCUT2D eigenvalue weighted by molar-refractivity contribution is 6.35. The van der Waals surface area contributed by atoms with Gasteiger partial charge in [-0.05, 0) is 42.2 Å². The summed E-state index contributed by atoms with van der Waals surface area (Å²) in [6, 6.07) is 10.4. The number of hydrogen-bond donors (Lipinski definition) is 1. The van der Waals surface area contributed by atoms with Gasteiger partial charge in [0.25, 0.3) is 0 Å². The van der Waals surface area contributed by atoms with E-state index in [9.17, 15) is 0 Å². The van der Waals surface area contributed by atoms with Gasteiger partial charge in [0.2, 0.25) is 0 Å². The van der Waals surface area contributed by atoms with E-state index in [1.54, 1.807) is 6.07 Å². The Morgan fingerprint density at radius 2 is 2.13 bits per heavy atom. The summed E-state index contributed by atoms with van der Waals surface area (Å²) >= 11 is 12.2. The average Bonchev–Trinajstić information content (AvgIpc) is 3.03. The molecule has 23 heavy (non-hydrogen) atoms. The Morgan fingerprint density at radius 1 is 1.26 bits per heavy atom. The number of aryl methyl sites for hydroxylation is 1. The van der Waals surface area contributed by atoms with Crippen LogP contribution in [0.2, 0.25) is 10.0 Å². The summed E-state index contributed by atoms with van der Waals surface area (Å²) in [5.74, 6) is 1.07. The zero-order valence-corrected chi connectivity index (χ0v) is 14.7. The summed E-state index contributed by atoms with van der Waals surface area (Å²) in [4.78, 5) is 6.90. The van der Waals surface area contributed by atoms with Crippen LogP contribution >= 0.6 is 23.2 Å². The minimum Gasteiger partial charge on any atom is -0.355 e. The van der Waals surface area contributed by atoms with E-state index < -0.39 is 0 Å². The van der Waals surface area contributed by atoms with E-state index in [1.165, 1.54) is 5.56 Å². The smallest absolute Gasteiger partial charge is 0.128 e. The molecular weight excluding hydrogens is 329 g/mol. The first-order chi connectivity index (χ1) is 11.2. The summed E-state index contributed by atoms with van der Waals surface area (Å²) in [7, 11) is 0. The van der Waals surface area contributed by atoms with Gasteiger partial charge in [-0.25, -0.2) is 4.98 Å². The summed E-state index contributed by atoms with van der Waals surface area (Å²) < 4.78 is 0. The van der Waals surface area contributed by atoms with Gasteiger partial charge < -0.3 is 10.2 Å². The number of hydrogen-bond acceptors (Lipinski definition) is 3. The Kier molecular flexibility index (Phi) is 5.42. The highest BCUT2D eigenvalue weighted by Gasteiger charge is 2.23. The van der Waals surface area contributed by atoms with Crippen LogP contribution < -0.4 is 10.2 Å². The molecule has 0 aliphatic carbocycles. The number of aromatic nitrogens is 1. The molecule has 3 rings (SSSR count). The quantitative estimate of drug-likeness (QED) is 0.871. The third-order valence-electron chi connectivity index (χ3n) is 4.33. The standard InChI is InChI=1S/C18H21Cl2N3/c1-2-13-3-6-18(22-10-13)23-8-7-16(12-23)21-11-14-4-5-15(19)9-17(14)20/h3-6,9-10,16,21H,2,7-8,11-12H2,1H3/t16-/m0/s1. The van der Waals surface area contributed by atoms with E-state index in [0.29, 0.717) is 11.1 Å². The van der Waals surface area contributed by atoms with Gasteiger partial charge in [-0.1, -0.05) is 42.3 Å². The molecule has 1 aliphatic heterocycles. The van der Waals surface area contributed by atoms with Crippen LogP contribution in [0, 0.1) is 0 Å². The van der Waals surface area contributed by atoms with Crippen LogP contribution in [0.1, 0.15) is 24.5 Å². The third kappa shape index (κ3) is 4.17. The van der Waals surface area contributed by atoms with E-state index in [2.05, 4.69) is 34.3 Å². The number of halogens is 2. The minimum absolute atomic E-state index is 0.453. The summed E-state index contributed by atoms with van der Waals surface area (Å²) in [5, 5.41) is 4.98. The fourth-order valence-corrected chi connectivity index (χ4v) is 3.34. The second-order valence-corrected chi connectivity index (χ2v) is 6.77. The molecular formula is C18H21Cl2N3. The van der Waals surface area contributed by atoms with Crippen molar-refractivity contribution in [2.24, 2.45) is 0 Å². The molecule has 1 aromatic heterocycles. The van der Waals surface area contributed by atoms with Crippen molar-refractivity contribution in [1.29, 1.82) is 0 Å². The van der Waals surface area contributed by atoms with Gasteiger partial charge in [0.1, 0.15) is 5.82 Å².